The highest BCUT2D eigenvalue weighted by molar-refractivity contribution is 6.30. The van der Waals surface area contributed by atoms with Crippen molar-refractivity contribution in [2.45, 2.75) is 32.4 Å². The second kappa shape index (κ2) is 8.75. The monoisotopic (exact) mass is 403 g/mol. The largest absolute Gasteiger partial charge is 0.450 e. The number of amides is 1. The number of hydrogen-bond acceptors (Lipinski definition) is 7. The summed E-state index contributed by atoms with van der Waals surface area (Å²) in [5.41, 5.74) is 13.5. The summed E-state index contributed by atoms with van der Waals surface area (Å²) in [6.45, 7) is 2.84. The van der Waals surface area contributed by atoms with Gasteiger partial charge in [-0.3, -0.25) is 0 Å². The number of imidazole rings is 1. The van der Waals surface area contributed by atoms with E-state index in [1.165, 1.54) is 0 Å². The van der Waals surface area contributed by atoms with Gasteiger partial charge in [0.2, 0.25) is 5.95 Å². The summed E-state index contributed by atoms with van der Waals surface area (Å²) in [7, 11) is 0. The summed E-state index contributed by atoms with van der Waals surface area (Å²) in [5.74, 6) is 0.373. The minimum Gasteiger partial charge on any atom is -0.450 e. The van der Waals surface area contributed by atoms with Crippen molar-refractivity contribution in [1.29, 1.82) is 0 Å². The first-order valence-electron chi connectivity index (χ1n) is 8.86. The molecule has 0 aliphatic rings. The van der Waals surface area contributed by atoms with Gasteiger partial charge in [-0.15, -0.1) is 0 Å². The highest BCUT2D eigenvalue weighted by Crippen LogP contribution is 2.18. The number of carbonyl (C=O) groups excluding carboxylic acids is 1. The molecule has 1 unspecified atom stereocenters. The summed E-state index contributed by atoms with van der Waals surface area (Å²) in [4.78, 5) is 24.2. The van der Waals surface area contributed by atoms with E-state index in [-0.39, 0.29) is 17.8 Å². The number of halogens is 1. The lowest BCUT2D eigenvalue weighted by atomic mass is 10.1. The zero-order valence-electron chi connectivity index (χ0n) is 15.4. The first-order chi connectivity index (χ1) is 13.4. The lowest BCUT2D eigenvalue weighted by Gasteiger charge is -2.14. The van der Waals surface area contributed by atoms with Crippen molar-refractivity contribution in [2.75, 3.05) is 18.1 Å². The molecule has 3 aromatic rings. The first-order valence-corrected chi connectivity index (χ1v) is 9.24. The number of nitrogens with one attached hydrogen (secondary N) is 1. The van der Waals surface area contributed by atoms with Crippen molar-refractivity contribution in [1.82, 2.24) is 24.8 Å². The van der Waals surface area contributed by atoms with Crippen LogP contribution in [0.1, 0.15) is 31.4 Å². The Kier molecular flexibility index (Phi) is 6.15. The Morgan fingerprint density at radius 1 is 1.25 bits per heavy atom. The van der Waals surface area contributed by atoms with E-state index in [4.69, 9.17) is 27.8 Å². The van der Waals surface area contributed by atoms with E-state index >= 15 is 0 Å². The molecule has 2 aromatic heterocycles. The molecular formula is C18H22ClN7O2. The van der Waals surface area contributed by atoms with Crippen LogP contribution in [0.25, 0.3) is 11.2 Å². The van der Waals surface area contributed by atoms with Gasteiger partial charge in [-0.25, -0.2) is 9.78 Å². The quantitative estimate of drug-likeness (QED) is 0.516. The van der Waals surface area contributed by atoms with Gasteiger partial charge in [0.05, 0.1) is 19.0 Å². The normalized spacial score (nSPS) is 12.1. The number of aromatic nitrogens is 4. The summed E-state index contributed by atoms with van der Waals surface area (Å²) in [6.07, 6.45) is 2.66. The topological polar surface area (TPSA) is 134 Å². The highest BCUT2D eigenvalue weighted by Gasteiger charge is 2.11. The number of aryl methyl sites for hydroxylation is 1. The number of unbranched alkanes of at least 4 members (excludes halogenated alkanes) is 1. The fourth-order valence-electron chi connectivity index (χ4n) is 2.75. The molecule has 28 heavy (non-hydrogen) atoms. The van der Waals surface area contributed by atoms with E-state index < -0.39 is 6.09 Å². The van der Waals surface area contributed by atoms with E-state index in [0.29, 0.717) is 35.8 Å². The Morgan fingerprint density at radius 3 is 2.75 bits per heavy atom. The highest BCUT2D eigenvalue weighted by atomic mass is 35.5. The zero-order chi connectivity index (χ0) is 20.1. The van der Waals surface area contributed by atoms with Gasteiger partial charge in [0.25, 0.3) is 0 Å². The van der Waals surface area contributed by atoms with Crippen molar-refractivity contribution in [3.8, 4) is 0 Å². The molecule has 9 nitrogen and oxygen atoms in total. The molecule has 0 spiro atoms. The summed E-state index contributed by atoms with van der Waals surface area (Å²) >= 11 is 5.87. The summed E-state index contributed by atoms with van der Waals surface area (Å²) in [5, 5.41) is 3.45. The average Bonchev–Trinajstić information content (AvgIpc) is 3.05. The number of carbonyl (C=O) groups is 1. The molecule has 1 atom stereocenters. The number of nitrogens with two attached hydrogens (primary N) is 2. The van der Waals surface area contributed by atoms with Crippen LogP contribution in [-0.4, -0.2) is 32.2 Å². The molecule has 0 saturated heterocycles. The predicted molar refractivity (Wildman–Crippen MR) is 108 cm³/mol. The minimum atomic E-state index is -0.455. The molecule has 0 fully saturated rings. The van der Waals surface area contributed by atoms with Crippen molar-refractivity contribution < 1.29 is 9.53 Å². The molecule has 3 rings (SSSR count). The average molecular weight is 404 g/mol. The van der Waals surface area contributed by atoms with Gasteiger partial charge in [-0.05, 0) is 37.5 Å². The fraction of sp³-hybridized carbons (Fsp3) is 0.333. The van der Waals surface area contributed by atoms with Gasteiger partial charge in [0, 0.05) is 11.6 Å². The molecule has 0 radical (unpaired) electrons. The molecule has 0 aliphatic heterocycles. The fourth-order valence-corrected chi connectivity index (χ4v) is 2.88. The van der Waals surface area contributed by atoms with Crippen LogP contribution >= 0.6 is 11.6 Å². The number of hydrogen-bond donors (Lipinski definition) is 3. The number of alkyl carbamates (subject to hydrolysis) is 1. The van der Waals surface area contributed by atoms with E-state index in [1.54, 1.807) is 18.5 Å². The number of anilines is 2. The zero-order valence-corrected chi connectivity index (χ0v) is 16.2. The molecule has 10 heteroatoms. The molecule has 2 heterocycles. The number of fused-ring (bicyclic) bond motifs is 1. The van der Waals surface area contributed by atoms with E-state index in [0.717, 1.165) is 12.0 Å². The van der Waals surface area contributed by atoms with Crippen molar-refractivity contribution >= 4 is 40.6 Å². The van der Waals surface area contributed by atoms with E-state index in [2.05, 4.69) is 20.3 Å². The van der Waals surface area contributed by atoms with Crippen LogP contribution < -0.4 is 16.8 Å². The number of nitrogens with zero attached hydrogens (tertiary/aromatic N) is 4. The van der Waals surface area contributed by atoms with Gasteiger partial charge in [-0.1, -0.05) is 23.7 Å². The maximum atomic E-state index is 11.9. The molecule has 0 aliphatic carbocycles. The Labute approximate surface area is 167 Å². The van der Waals surface area contributed by atoms with Crippen LogP contribution in [0, 0.1) is 0 Å². The maximum Gasteiger partial charge on any atom is 0.407 e. The Bertz CT molecular complexity index is 958. The van der Waals surface area contributed by atoms with Crippen LogP contribution in [-0.2, 0) is 11.3 Å². The van der Waals surface area contributed by atoms with Gasteiger partial charge < -0.3 is 26.1 Å². The van der Waals surface area contributed by atoms with Crippen LogP contribution in [0.2, 0.25) is 5.02 Å². The Balaban J connectivity index is 1.41. The van der Waals surface area contributed by atoms with Crippen LogP contribution in [0.5, 0.6) is 0 Å². The molecular weight excluding hydrogens is 382 g/mol. The van der Waals surface area contributed by atoms with Crippen LogP contribution in [0.3, 0.4) is 0 Å². The van der Waals surface area contributed by atoms with Crippen molar-refractivity contribution in [2.24, 2.45) is 0 Å². The molecule has 1 amide bonds. The smallest absolute Gasteiger partial charge is 0.407 e. The second-order valence-electron chi connectivity index (χ2n) is 6.34. The summed E-state index contributed by atoms with van der Waals surface area (Å²) in [6, 6.07) is 7.13. The lowest BCUT2D eigenvalue weighted by molar-refractivity contribution is 0.140. The SMILES string of the molecule is CC(NC(=O)OCCCCn1cnc2c(N)nc(N)nc21)c1ccc(Cl)cc1. The third kappa shape index (κ3) is 4.80. The van der Waals surface area contributed by atoms with Gasteiger partial charge in [0.15, 0.2) is 11.5 Å². The van der Waals surface area contributed by atoms with E-state index in [9.17, 15) is 4.79 Å². The Hall–Kier alpha value is -3.07. The second-order valence-corrected chi connectivity index (χ2v) is 6.77. The van der Waals surface area contributed by atoms with Gasteiger partial charge >= 0.3 is 6.09 Å². The van der Waals surface area contributed by atoms with Gasteiger partial charge in [0.1, 0.15) is 5.52 Å². The van der Waals surface area contributed by atoms with Crippen molar-refractivity contribution in [3.05, 3.63) is 41.2 Å². The number of rotatable bonds is 7. The number of nitrogen functional groups attached to an aromatic ring is 2. The first kappa shape index (κ1) is 19.7. The Morgan fingerprint density at radius 2 is 2.00 bits per heavy atom. The maximum absolute atomic E-state index is 11.9. The van der Waals surface area contributed by atoms with E-state index in [1.807, 2.05) is 23.6 Å². The number of benzene rings is 1. The van der Waals surface area contributed by atoms with Gasteiger partial charge in [-0.2, -0.15) is 9.97 Å². The third-order valence-electron chi connectivity index (χ3n) is 4.24. The molecule has 5 N–H and O–H groups in total. The standard InChI is InChI=1S/C18H22ClN7O2/c1-11(12-4-6-13(19)7-5-12)23-18(27)28-9-3-2-8-26-10-22-14-15(20)24-17(21)25-16(14)26/h4-7,10-11H,2-3,8-9H2,1H3,(H,23,27)(H4,20,21,24,25). The van der Waals surface area contributed by atoms with Crippen LogP contribution in [0.4, 0.5) is 16.6 Å². The van der Waals surface area contributed by atoms with Crippen LogP contribution in [0.15, 0.2) is 30.6 Å². The predicted octanol–water partition coefficient (Wildman–Crippen LogP) is 2.91. The third-order valence-corrected chi connectivity index (χ3v) is 4.49. The minimum absolute atomic E-state index is 0.113. The summed E-state index contributed by atoms with van der Waals surface area (Å²) < 4.78 is 7.09. The molecule has 0 bridgehead atoms. The lowest BCUT2D eigenvalue weighted by Crippen LogP contribution is -2.27. The molecule has 1 aromatic carbocycles. The molecule has 148 valence electrons. The molecule has 0 saturated carbocycles. The van der Waals surface area contributed by atoms with Crippen molar-refractivity contribution in [3.63, 3.8) is 0 Å². The number of ether oxygens (including phenoxy) is 1.